The molecule has 2 rings (SSSR count). The smallest absolute Gasteiger partial charge is 0.00386 e. The van der Waals surface area contributed by atoms with Gasteiger partial charge in [-0.1, -0.05) is 27.7 Å². The fraction of sp³-hybridized carbons (Fsp3) is 1.00. The number of likely N-dealkylation sites (tertiary alicyclic amines) is 1. The van der Waals surface area contributed by atoms with Crippen molar-refractivity contribution in [3.05, 3.63) is 0 Å². The highest BCUT2D eigenvalue weighted by atomic mass is 15.2. The highest BCUT2D eigenvalue weighted by Gasteiger charge is 2.55. The number of hydrogen-bond donors (Lipinski definition) is 0. The van der Waals surface area contributed by atoms with Crippen LogP contribution in [0.2, 0.25) is 0 Å². The number of piperidine rings is 1. The Bertz CT molecular complexity index is 133. The summed E-state index contributed by atoms with van der Waals surface area (Å²) in [5.74, 6) is 1.07. The van der Waals surface area contributed by atoms with Crippen LogP contribution in [-0.2, 0) is 0 Å². The molecule has 0 amide bonds. The summed E-state index contributed by atoms with van der Waals surface area (Å²) in [6, 6.07) is 0. The Kier molecular flexibility index (Phi) is 2.58. The molecule has 11 heavy (non-hydrogen) atoms. The van der Waals surface area contributed by atoms with E-state index in [9.17, 15) is 0 Å². The normalized spacial score (nSPS) is 40.9. The second kappa shape index (κ2) is 3.14. The Morgan fingerprint density at radius 2 is 2.09 bits per heavy atom. The number of nitrogens with zero attached hydrogens (tertiary/aromatic N) is 1. The van der Waals surface area contributed by atoms with E-state index in [0.29, 0.717) is 0 Å². The van der Waals surface area contributed by atoms with Crippen molar-refractivity contribution < 1.29 is 0 Å². The summed E-state index contributed by atoms with van der Waals surface area (Å²) in [4.78, 5) is 2.56. The Labute approximate surface area is 70.8 Å². The van der Waals surface area contributed by atoms with Crippen LogP contribution >= 0.6 is 0 Å². The monoisotopic (exact) mass is 155 g/mol. The lowest BCUT2D eigenvalue weighted by Gasteiger charge is -2.15. The molecular formula is C10H21N. The van der Waals surface area contributed by atoms with Crippen molar-refractivity contribution in [1.29, 1.82) is 0 Å². The van der Waals surface area contributed by atoms with Gasteiger partial charge in [0.15, 0.2) is 0 Å². The molecule has 0 N–H and O–H groups in total. The maximum absolute atomic E-state index is 2.56. The highest BCUT2D eigenvalue weighted by molar-refractivity contribution is 5.06. The van der Waals surface area contributed by atoms with E-state index in [1.807, 2.05) is 13.8 Å². The molecule has 0 aromatic rings. The Morgan fingerprint density at radius 1 is 1.45 bits per heavy atom. The molecule has 1 saturated heterocycles. The molecule has 66 valence electrons. The van der Waals surface area contributed by atoms with Crippen LogP contribution < -0.4 is 0 Å². The average Bonchev–Trinajstić information content (AvgIpc) is 2.55. The molecule has 2 aliphatic rings. The third kappa shape index (κ3) is 1.58. The van der Waals surface area contributed by atoms with Crippen LogP contribution in [0.4, 0.5) is 0 Å². The van der Waals surface area contributed by atoms with Gasteiger partial charge in [-0.2, -0.15) is 0 Å². The van der Waals surface area contributed by atoms with Crippen LogP contribution in [0.25, 0.3) is 0 Å². The van der Waals surface area contributed by atoms with E-state index in [1.54, 1.807) is 0 Å². The van der Waals surface area contributed by atoms with Gasteiger partial charge in [-0.05, 0) is 24.3 Å². The van der Waals surface area contributed by atoms with Crippen molar-refractivity contribution in [2.24, 2.45) is 11.3 Å². The predicted octanol–water partition coefficient (Wildman–Crippen LogP) is 2.37. The van der Waals surface area contributed by atoms with Crippen LogP contribution in [0.3, 0.4) is 0 Å². The Morgan fingerprint density at radius 3 is 2.36 bits per heavy atom. The van der Waals surface area contributed by atoms with Crippen LogP contribution in [0.15, 0.2) is 0 Å². The topological polar surface area (TPSA) is 3.24 Å². The van der Waals surface area contributed by atoms with Gasteiger partial charge >= 0.3 is 0 Å². The highest BCUT2D eigenvalue weighted by Crippen LogP contribution is 2.56. The van der Waals surface area contributed by atoms with E-state index in [1.165, 1.54) is 26.1 Å². The van der Waals surface area contributed by atoms with Crippen molar-refractivity contribution in [2.75, 3.05) is 19.6 Å². The summed E-state index contributed by atoms with van der Waals surface area (Å²) in [6.45, 7) is 12.7. The van der Waals surface area contributed by atoms with E-state index in [0.717, 1.165) is 11.3 Å². The molecule has 0 aromatic carbocycles. The molecule has 1 heteroatoms. The largest absolute Gasteiger partial charge is 0.303 e. The molecule has 0 unspecified atom stereocenters. The SMILES string of the molecule is CC.CCN1C[C@H]2C[C@@]2(C)C1. The van der Waals surface area contributed by atoms with Crippen molar-refractivity contribution in [3.63, 3.8) is 0 Å². The van der Waals surface area contributed by atoms with E-state index in [4.69, 9.17) is 0 Å². The van der Waals surface area contributed by atoms with Crippen LogP contribution in [0.1, 0.15) is 34.1 Å². The second-order valence-corrected chi connectivity index (χ2v) is 3.88. The van der Waals surface area contributed by atoms with Gasteiger partial charge in [0.25, 0.3) is 0 Å². The standard InChI is InChI=1S/C8H15N.C2H6/c1-3-9-5-7-4-8(7,2)6-9;1-2/h7H,3-6H2,1-2H3;1-2H3/t7-,8+;/m1./s1. The summed E-state index contributed by atoms with van der Waals surface area (Å²) in [6.07, 6.45) is 1.50. The zero-order valence-electron chi connectivity index (χ0n) is 8.35. The molecule has 1 saturated carbocycles. The van der Waals surface area contributed by atoms with Gasteiger partial charge in [0.2, 0.25) is 0 Å². The molecule has 1 heterocycles. The van der Waals surface area contributed by atoms with Gasteiger partial charge in [0.05, 0.1) is 0 Å². The summed E-state index contributed by atoms with van der Waals surface area (Å²) in [7, 11) is 0. The van der Waals surface area contributed by atoms with Crippen LogP contribution in [-0.4, -0.2) is 24.5 Å². The van der Waals surface area contributed by atoms with E-state index < -0.39 is 0 Å². The number of rotatable bonds is 1. The van der Waals surface area contributed by atoms with E-state index >= 15 is 0 Å². The third-order valence-corrected chi connectivity index (χ3v) is 3.05. The molecule has 1 aliphatic heterocycles. The molecule has 2 fully saturated rings. The van der Waals surface area contributed by atoms with Crippen LogP contribution in [0, 0.1) is 11.3 Å². The molecule has 0 radical (unpaired) electrons. The second-order valence-electron chi connectivity index (χ2n) is 3.88. The minimum Gasteiger partial charge on any atom is -0.303 e. The molecule has 0 aromatic heterocycles. The van der Waals surface area contributed by atoms with E-state index in [2.05, 4.69) is 18.7 Å². The summed E-state index contributed by atoms with van der Waals surface area (Å²) in [5, 5.41) is 0. The maximum Gasteiger partial charge on any atom is 0.00386 e. The Hall–Kier alpha value is -0.0400. The molecule has 1 nitrogen and oxygen atoms in total. The van der Waals surface area contributed by atoms with Crippen molar-refractivity contribution in [3.8, 4) is 0 Å². The lowest BCUT2D eigenvalue weighted by Crippen LogP contribution is -2.23. The van der Waals surface area contributed by atoms with Crippen molar-refractivity contribution in [2.45, 2.75) is 34.1 Å². The van der Waals surface area contributed by atoms with Crippen molar-refractivity contribution >= 4 is 0 Å². The number of fused-ring (bicyclic) bond motifs is 1. The van der Waals surface area contributed by atoms with Gasteiger partial charge in [-0.3, -0.25) is 0 Å². The quantitative estimate of drug-likeness (QED) is 0.562. The average molecular weight is 155 g/mol. The molecule has 1 aliphatic carbocycles. The third-order valence-electron chi connectivity index (χ3n) is 3.05. The molecule has 0 spiro atoms. The first-order chi connectivity index (χ1) is 5.24. The number of hydrogen-bond acceptors (Lipinski definition) is 1. The lowest BCUT2D eigenvalue weighted by molar-refractivity contribution is 0.301. The summed E-state index contributed by atoms with van der Waals surface area (Å²) in [5.41, 5.74) is 0.760. The minimum atomic E-state index is 0.760. The lowest BCUT2D eigenvalue weighted by atomic mass is 10.1. The zero-order valence-corrected chi connectivity index (χ0v) is 8.35. The summed E-state index contributed by atoms with van der Waals surface area (Å²) >= 11 is 0. The fourth-order valence-electron chi connectivity index (χ4n) is 2.11. The van der Waals surface area contributed by atoms with Gasteiger partial charge in [0.1, 0.15) is 0 Å². The molecule has 2 atom stereocenters. The van der Waals surface area contributed by atoms with E-state index in [-0.39, 0.29) is 0 Å². The molecule has 0 bridgehead atoms. The fourth-order valence-corrected chi connectivity index (χ4v) is 2.11. The van der Waals surface area contributed by atoms with Crippen LogP contribution in [0.5, 0.6) is 0 Å². The first kappa shape index (κ1) is 9.05. The summed E-state index contributed by atoms with van der Waals surface area (Å²) < 4.78 is 0. The Balaban J connectivity index is 0.000000281. The van der Waals surface area contributed by atoms with Gasteiger partial charge in [0, 0.05) is 13.1 Å². The van der Waals surface area contributed by atoms with Gasteiger partial charge < -0.3 is 4.90 Å². The molecular weight excluding hydrogens is 134 g/mol. The minimum absolute atomic E-state index is 0.760. The van der Waals surface area contributed by atoms with Gasteiger partial charge in [-0.15, -0.1) is 0 Å². The first-order valence-electron chi connectivity index (χ1n) is 4.97. The maximum atomic E-state index is 2.56. The predicted molar refractivity (Wildman–Crippen MR) is 49.7 cm³/mol. The van der Waals surface area contributed by atoms with Crippen molar-refractivity contribution in [1.82, 2.24) is 4.90 Å². The zero-order chi connectivity index (χ0) is 8.48. The first-order valence-corrected chi connectivity index (χ1v) is 4.97. The van der Waals surface area contributed by atoms with Gasteiger partial charge in [-0.25, -0.2) is 0 Å².